The molecular formula is C60H84N8O12S2. The molecule has 0 saturated carbocycles. The molecule has 448 valence electrons. The van der Waals surface area contributed by atoms with Crippen LogP contribution in [0.4, 0.5) is 21.0 Å². The van der Waals surface area contributed by atoms with Crippen LogP contribution in [0.2, 0.25) is 0 Å². The summed E-state index contributed by atoms with van der Waals surface area (Å²) in [6, 6.07) is 34.1. The Bertz CT molecular complexity index is 2990. The van der Waals surface area contributed by atoms with Gasteiger partial charge in [0.25, 0.3) is 0 Å². The molecule has 0 bridgehead atoms. The summed E-state index contributed by atoms with van der Waals surface area (Å²) in [5.41, 5.74) is 1.12. The number of carbonyl (C=O) groups excluding carboxylic acids is 2. The van der Waals surface area contributed by atoms with Crippen molar-refractivity contribution in [2.45, 2.75) is 145 Å². The number of amides is 2. The summed E-state index contributed by atoms with van der Waals surface area (Å²) in [4.78, 5) is 25.9. The predicted molar refractivity (Wildman–Crippen MR) is 313 cm³/mol. The summed E-state index contributed by atoms with van der Waals surface area (Å²) >= 11 is 0. The first-order valence-electron chi connectivity index (χ1n) is 27.6. The first-order chi connectivity index (χ1) is 38.7. The molecular weight excluding hydrogens is 1090 g/mol. The Hall–Kier alpha value is -6.34. The van der Waals surface area contributed by atoms with Gasteiger partial charge < -0.3 is 50.4 Å². The molecule has 2 heterocycles. The number of carbonyl (C=O) groups is 2. The van der Waals surface area contributed by atoms with Crippen LogP contribution in [0.15, 0.2) is 119 Å². The van der Waals surface area contributed by atoms with E-state index in [1.807, 2.05) is 88.4 Å². The highest BCUT2D eigenvalue weighted by molar-refractivity contribution is 7.89. The van der Waals surface area contributed by atoms with E-state index in [-0.39, 0.29) is 80.5 Å². The Morgan fingerprint density at radius 3 is 1.51 bits per heavy atom. The summed E-state index contributed by atoms with van der Waals surface area (Å²) in [6.07, 6.45) is -2.10. The number of nitrogens with zero attached hydrogens (tertiary/aromatic N) is 4. The van der Waals surface area contributed by atoms with E-state index in [0.717, 1.165) is 17.5 Å². The number of sulfonamides is 2. The highest BCUT2D eigenvalue weighted by Crippen LogP contribution is 2.34. The summed E-state index contributed by atoms with van der Waals surface area (Å²) < 4.78 is 80.5. The van der Waals surface area contributed by atoms with Gasteiger partial charge in [-0.2, -0.15) is 19.1 Å². The molecule has 6 rings (SSSR count). The van der Waals surface area contributed by atoms with Crippen molar-refractivity contribution in [3.63, 3.8) is 0 Å². The molecule has 20 nitrogen and oxygen atoms in total. The van der Waals surface area contributed by atoms with Gasteiger partial charge >= 0.3 is 12.2 Å². The highest BCUT2D eigenvalue weighted by Gasteiger charge is 2.44. The number of benzene rings is 4. The van der Waals surface area contributed by atoms with Crippen LogP contribution in [0.5, 0.6) is 0 Å². The van der Waals surface area contributed by atoms with Crippen LogP contribution in [0, 0.1) is 39.4 Å². The number of anilines is 2. The Balaban J connectivity index is 0.000000302. The Labute approximate surface area is 485 Å². The summed E-state index contributed by atoms with van der Waals surface area (Å²) in [6.45, 7) is 13.1. The normalized spacial score (nSPS) is 17.9. The third-order valence-corrected chi connectivity index (χ3v) is 17.7. The maximum absolute atomic E-state index is 14.0. The Kier molecular flexibility index (Phi) is 24.5. The maximum Gasteiger partial charge on any atom is 0.407 e. The lowest BCUT2D eigenvalue weighted by molar-refractivity contribution is -0.0907. The lowest BCUT2D eigenvalue weighted by atomic mass is 9.88. The van der Waals surface area contributed by atoms with Crippen molar-refractivity contribution in [3.05, 3.63) is 120 Å². The molecule has 0 aliphatic carbocycles. The second kappa shape index (κ2) is 30.3. The Morgan fingerprint density at radius 1 is 0.659 bits per heavy atom. The zero-order valence-electron chi connectivity index (χ0n) is 48.7. The van der Waals surface area contributed by atoms with Gasteiger partial charge in [-0.25, -0.2) is 26.4 Å². The van der Waals surface area contributed by atoms with Crippen LogP contribution in [-0.4, -0.2) is 144 Å². The quantitative estimate of drug-likeness (QED) is 0.0329. The number of hydrogen-bond donors (Lipinski definition) is 6. The fraction of sp³-hybridized carbons (Fsp3) is 0.533. The fourth-order valence-electron chi connectivity index (χ4n) is 9.62. The van der Waals surface area contributed by atoms with E-state index in [9.17, 15) is 36.6 Å². The standard InChI is InChI=1S/C31H42N4O7S.C29H42N4O5S/c1-31(2,14-8-15-32)21-35(43(38,39)24-12-7-11-23(18-24)33-3)19-27(36)26(17-22-9-5-4-6-10-22)34-30(37)42-28-20-41-29-25(28)13-16-40-29;1-28(2,3)38-27(35)32-25(18-22-12-8-7-9-13-22)26(34)20-33(21-29(4,5)16-11-17-30)39(36,37)24-15-10-14-23(19-24)31-6/h4-7,9-12,18,25-29,33,36H,8,13-14,16-17,19-21H2,1-3H3,(H,34,37);7-10,12-15,19,25-26,31,34H,11,16,18,20-21H2,1-6H3,(H,32,35)/t25-,26-,27+,28-,29+;25-,26+/m00/s1. The van der Waals surface area contributed by atoms with Gasteiger partial charge in [0, 0.05) is 64.5 Å². The van der Waals surface area contributed by atoms with Gasteiger partial charge in [-0.1, -0.05) is 100 Å². The number of hydrogen-bond acceptors (Lipinski definition) is 16. The zero-order valence-corrected chi connectivity index (χ0v) is 50.3. The molecule has 22 heteroatoms. The third-order valence-electron chi connectivity index (χ3n) is 14.1. The predicted octanol–water partition coefficient (Wildman–Crippen LogP) is 8.05. The minimum atomic E-state index is -4.07. The second-order valence-corrected chi connectivity index (χ2v) is 27.2. The maximum atomic E-state index is 14.0. The highest BCUT2D eigenvalue weighted by atomic mass is 32.2. The molecule has 4 aromatic carbocycles. The van der Waals surface area contributed by atoms with Crippen LogP contribution in [0.25, 0.3) is 0 Å². The zero-order chi connectivity index (χ0) is 60.3. The molecule has 0 unspecified atom stereocenters. The van der Waals surface area contributed by atoms with Crippen LogP contribution < -0.4 is 21.3 Å². The number of rotatable bonds is 27. The molecule has 2 fully saturated rings. The second-order valence-electron chi connectivity index (χ2n) is 23.3. The van der Waals surface area contributed by atoms with Crippen LogP contribution in [0.1, 0.15) is 91.7 Å². The lowest BCUT2D eigenvalue weighted by Gasteiger charge is -2.35. The van der Waals surface area contributed by atoms with Gasteiger partial charge in [-0.05, 0) is 111 Å². The molecule has 2 aliphatic heterocycles. The van der Waals surface area contributed by atoms with Gasteiger partial charge in [-0.15, -0.1) is 0 Å². The van der Waals surface area contributed by atoms with Crippen molar-refractivity contribution in [2.24, 2.45) is 16.7 Å². The average Bonchev–Trinajstić information content (AvgIpc) is 4.07. The Morgan fingerprint density at radius 2 is 1.10 bits per heavy atom. The number of alkyl carbamates (subject to hydrolysis) is 2. The van der Waals surface area contributed by atoms with Crippen molar-refractivity contribution in [1.82, 2.24) is 19.2 Å². The minimum absolute atomic E-state index is 0.0482. The average molecular weight is 1170 g/mol. The number of nitriles is 2. The summed E-state index contributed by atoms with van der Waals surface area (Å²) in [7, 11) is -4.71. The van der Waals surface area contributed by atoms with Gasteiger partial charge in [0.1, 0.15) is 11.7 Å². The molecule has 2 aliphatic rings. The topological polar surface area (TPSA) is 282 Å². The van der Waals surface area contributed by atoms with Crippen LogP contribution in [-0.2, 0) is 51.8 Å². The number of fused-ring (bicyclic) bond motifs is 1. The van der Waals surface area contributed by atoms with Crippen LogP contribution in [0.3, 0.4) is 0 Å². The van der Waals surface area contributed by atoms with Crippen LogP contribution >= 0.6 is 0 Å². The van der Waals surface area contributed by atoms with Crippen molar-refractivity contribution >= 4 is 43.6 Å². The summed E-state index contributed by atoms with van der Waals surface area (Å²) in [5.74, 6) is -0.0482. The van der Waals surface area contributed by atoms with E-state index >= 15 is 0 Å². The third kappa shape index (κ3) is 20.5. The molecule has 4 aromatic rings. The SMILES string of the molecule is CNc1cccc(S(=O)(=O)N(C[C@@H](O)[C@H](Cc2ccccc2)NC(=O)OC(C)(C)C)CC(C)(C)CCC#N)c1.CNc1cccc(S(=O)(=O)N(C[C@@H](O)[C@H](Cc2ccccc2)NC(=O)O[C@H]2CO[C@H]3OCC[C@H]32)CC(C)(C)CCC#N)c1. The van der Waals surface area contributed by atoms with E-state index in [4.69, 9.17) is 29.5 Å². The van der Waals surface area contributed by atoms with E-state index in [1.54, 1.807) is 59.1 Å². The van der Waals surface area contributed by atoms with Gasteiger partial charge in [-0.3, -0.25) is 0 Å². The molecule has 0 radical (unpaired) electrons. The lowest BCUT2D eigenvalue weighted by Crippen LogP contribution is -2.52. The molecule has 82 heavy (non-hydrogen) atoms. The van der Waals surface area contributed by atoms with Gasteiger partial charge in [0.2, 0.25) is 20.0 Å². The van der Waals surface area contributed by atoms with Crippen molar-refractivity contribution in [2.75, 3.05) is 64.1 Å². The molecule has 0 aromatic heterocycles. The molecule has 0 spiro atoms. The first-order valence-corrected chi connectivity index (χ1v) is 30.5. The summed E-state index contributed by atoms with van der Waals surface area (Å²) in [5, 5.41) is 52.7. The van der Waals surface area contributed by atoms with Crippen molar-refractivity contribution in [1.29, 1.82) is 10.5 Å². The smallest absolute Gasteiger partial charge is 0.407 e. The van der Waals surface area contributed by atoms with E-state index in [0.29, 0.717) is 30.8 Å². The number of ether oxygens (including phenoxy) is 4. The largest absolute Gasteiger partial charge is 0.444 e. The van der Waals surface area contributed by atoms with E-state index in [2.05, 4.69) is 33.4 Å². The van der Waals surface area contributed by atoms with Gasteiger partial charge in [0.05, 0.1) is 65.4 Å². The van der Waals surface area contributed by atoms with Gasteiger partial charge in [0.15, 0.2) is 6.29 Å². The van der Waals surface area contributed by atoms with E-state index < -0.39 is 79.1 Å². The number of aliphatic hydroxyl groups is 2. The number of aliphatic hydroxyl groups excluding tert-OH is 2. The van der Waals surface area contributed by atoms with Crippen molar-refractivity contribution < 1.29 is 55.6 Å². The first kappa shape index (κ1) is 66.5. The fourth-order valence-corrected chi connectivity index (χ4v) is 13.0. The molecule has 7 atom stereocenters. The monoisotopic (exact) mass is 1170 g/mol. The molecule has 2 saturated heterocycles. The molecule has 6 N–H and O–H groups in total. The number of nitrogens with one attached hydrogen (secondary N) is 4. The molecule has 2 amide bonds. The van der Waals surface area contributed by atoms with E-state index in [1.165, 1.54) is 32.9 Å². The van der Waals surface area contributed by atoms with Crippen molar-refractivity contribution in [3.8, 4) is 12.1 Å². The minimum Gasteiger partial charge on any atom is -0.444 e.